The number of carbonyl (C=O) groups is 2. The molecule has 5 heteroatoms. The minimum Gasteiger partial charge on any atom is -0.481 e. The van der Waals surface area contributed by atoms with E-state index >= 15 is 0 Å². The van der Waals surface area contributed by atoms with E-state index in [0.717, 1.165) is 0 Å². The first-order valence-corrected chi connectivity index (χ1v) is 9.37. The van der Waals surface area contributed by atoms with E-state index in [2.05, 4.69) is 64.2 Å². The van der Waals surface area contributed by atoms with Gasteiger partial charge in [0, 0.05) is 25.0 Å². The maximum atomic E-state index is 12.4. The number of likely N-dealkylation sites (tertiary alicyclic amines) is 1. The lowest BCUT2D eigenvalue weighted by Gasteiger charge is -2.32. The maximum absolute atomic E-state index is 12.4. The lowest BCUT2D eigenvalue weighted by molar-refractivity contribution is -0.143. The summed E-state index contributed by atoms with van der Waals surface area (Å²) < 4.78 is 0. The van der Waals surface area contributed by atoms with Crippen LogP contribution in [-0.4, -0.2) is 41.6 Å². The van der Waals surface area contributed by atoms with Crippen LogP contribution in [-0.2, 0) is 15.6 Å². The third kappa shape index (κ3) is 4.99. The van der Waals surface area contributed by atoms with Crippen molar-refractivity contribution in [3.63, 3.8) is 0 Å². The largest absolute Gasteiger partial charge is 0.481 e. The number of carboxylic acid groups (broad SMARTS) is 1. The SMILES string of the molecule is CC(C)(C)c1ccc(C(C)(C)CNC(=O)N2CCC(C(=O)O)CC2)cc1. The molecule has 1 aliphatic heterocycles. The Morgan fingerprint density at radius 2 is 1.54 bits per heavy atom. The Labute approximate surface area is 156 Å². The van der Waals surface area contributed by atoms with Gasteiger partial charge < -0.3 is 15.3 Å². The van der Waals surface area contributed by atoms with Crippen LogP contribution in [0.3, 0.4) is 0 Å². The fourth-order valence-corrected chi connectivity index (χ4v) is 3.26. The molecule has 0 unspecified atom stereocenters. The number of nitrogens with zero attached hydrogens (tertiary/aromatic N) is 1. The number of aliphatic carboxylic acids is 1. The highest BCUT2D eigenvalue weighted by Crippen LogP contribution is 2.27. The fourth-order valence-electron chi connectivity index (χ4n) is 3.26. The number of rotatable bonds is 4. The molecule has 1 aromatic carbocycles. The average molecular weight is 360 g/mol. The quantitative estimate of drug-likeness (QED) is 0.859. The van der Waals surface area contributed by atoms with Crippen LogP contribution >= 0.6 is 0 Å². The maximum Gasteiger partial charge on any atom is 0.317 e. The Kier molecular flexibility index (Phi) is 5.99. The van der Waals surface area contributed by atoms with Crippen LogP contribution in [0, 0.1) is 5.92 Å². The first-order valence-electron chi connectivity index (χ1n) is 9.37. The summed E-state index contributed by atoms with van der Waals surface area (Å²) in [5, 5.41) is 12.1. The summed E-state index contributed by atoms with van der Waals surface area (Å²) in [5.74, 6) is -1.08. The van der Waals surface area contributed by atoms with E-state index in [0.29, 0.717) is 32.5 Å². The van der Waals surface area contributed by atoms with E-state index in [1.54, 1.807) is 4.90 Å². The van der Waals surface area contributed by atoms with Gasteiger partial charge in [0.25, 0.3) is 0 Å². The predicted octanol–water partition coefficient (Wildman–Crippen LogP) is 3.77. The zero-order chi connectivity index (χ0) is 19.5. The summed E-state index contributed by atoms with van der Waals surface area (Å²) in [6.45, 7) is 12.4. The van der Waals surface area contributed by atoms with Gasteiger partial charge in [0.05, 0.1) is 5.92 Å². The monoisotopic (exact) mass is 360 g/mol. The molecule has 26 heavy (non-hydrogen) atoms. The number of piperidine rings is 1. The summed E-state index contributed by atoms with van der Waals surface area (Å²) in [5.41, 5.74) is 2.43. The molecular formula is C21H32N2O3. The molecular weight excluding hydrogens is 328 g/mol. The predicted molar refractivity (Wildman–Crippen MR) is 103 cm³/mol. The average Bonchev–Trinajstić information content (AvgIpc) is 2.59. The van der Waals surface area contributed by atoms with Crippen molar-refractivity contribution in [3.05, 3.63) is 35.4 Å². The first kappa shape index (κ1) is 20.3. The van der Waals surface area contributed by atoms with Crippen molar-refractivity contribution >= 4 is 12.0 Å². The normalized spacial score (nSPS) is 16.4. The molecule has 0 atom stereocenters. The zero-order valence-electron chi connectivity index (χ0n) is 16.6. The minimum absolute atomic E-state index is 0.103. The van der Waals surface area contributed by atoms with E-state index in [9.17, 15) is 9.59 Å². The molecule has 2 N–H and O–H groups in total. The van der Waals surface area contributed by atoms with Gasteiger partial charge in [-0.05, 0) is 29.4 Å². The molecule has 1 aromatic rings. The smallest absolute Gasteiger partial charge is 0.317 e. The van der Waals surface area contributed by atoms with E-state index in [1.165, 1.54) is 11.1 Å². The van der Waals surface area contributed by atoms with E-state index < -0.39 is 5.97 Å². The van der Waals surface area contributed by atoms with Crippen molar-refractivity contribution in [2.45, 2.75) is 58.3 Å². The summed E-state index contributed by atoms with van der Waals surface area (Å²) >= 11 is 0. The topological polar surface area (TPSA) is 69.6 Å². The fraction of sp³-hybridized carbons (Fsp3) is 0.619. The Morgan fingerprint density at radius 1 is 1.04 bits per heavy atom. The van der Waals surface area contributed by atoms with Crippen molar-refractivity contribution in [1.82, 2.24) is 10.2 Å². The van der Waals surface area contributed by atoms with Gasteiger partial charge in [0.1, 0.15) is 0 Å². The Morgan fingerprint density at radius 3 is 2.00 bits per heavy atom. The van der Waals surface area contributed by atoms with Gasteiger partial charge >= 0.3 is 12.0 Å². The lowest BCUT2D eigenvalue weighted by atomic mass is 9.81. The molecule has 0 spiro atoms. The Hall–Kier alpha value is -2.04. The van der Waals surface area contributed by atoms with Gasteiger partial charge in [-0.1, -0.05) is 58.9 Å². The van der Waals surface area contributed by atoms with Crippen LogP contribution in [0.2, 0.25) is 0 Å². The number of carboxylic acids is 1. The molecule has 2 amide bonds. The number of nitrogens with one attached hydrogen (secondary N) is 1. The molecule has 2 rings (SSSR count). The number of hydrogen-bond acceptors (Lipinski definition) is 2. The number of carbonyl (C=O) groups excluding carboxylic acids is 1. The summed E-state index contributed by atoms with van der Waals surface area (Å²) in [6.07, 6.45) is 1.06. The molecule has 1 saturated heterocycles. The summed E-state index contributed by atoms with van der Waals surface area (Å²) in [4.78, 5) is 25.1. The lowest BCUT2D eigenvalue weighted by Crippen LogP contribution is -2.48. The molecule has 144 valence electrons. The molecule has 0 bridgehead atoms. The van der Waals surface area contributed by atoms with Crippen LogP contribution in [0.1, 0.15) is 58.6 Å². The van der Waals surface area contributed by atoms with Crippen molar-refractivity contribution in [3.8, 4) is 0 Å². The Balaban J connectivity index is 1.91. The van der Waals surface area contributed by atoms with Gasteiger partial charge in [0.15, 0.2) is 0 Å². The molecule has 0 radical (unpaired) electrons. The minimum atomic E-state index is -0.759. The van der Waals surface area contributed by atoms with Crippen LogP contribution in [0.25, 0.3) is 0 Å². The zero-order valence-corrected chi connectivity index (χ0v) is 16.6. The van der Waals surface area contributed by atoms with E-state index in [-0.39, 0.29) is 22.8 Å². The van der Waals surface area contributed by atoms with Gasteiger partial charge in [0.2, 0.25) is 0 Å². The highest BCUT2D eigenvalue weighted by Gasteiger charge is 2.28. The molecule has 5 nitrogen and oxygen atoms in total. The molecule has 0 aliphatic carbocycles. The first-order chi connectivity index (χ1) is 12.0. The van der Waals surface area contributed by atoms with Gasteiger partial charge in [-0.25, -0.2) is 4.79 Å². The molecule has 1 heterocycles. The number of hydrogen-bond donors (Lipinski definition) is 2. The van der Waals surface area contributed by atoms with Crippen molar-refractivity contribution in [2.24, 2.45) is 5.92 Å². The highest BCUT2D eigenvalue weighted by atomic mass is 16.4. The third-order valence-corrected chi connectivity index (χ3v) is 5.35. The van der Waals surface area contributed by atoms with Crippen molar-refractivity contribution in [1.29, 1.82) is 0 Å². The van der Waals surface area contributed by atoms with Gasteiger partial charge in [-0.3, -0.25) is 4.79 Å². The van der Waals surface area contributed by atoms with E-state index in [1.807, 2.05) is 0 Å². The van der Waals surface area contributed by atoms with Crippen LogP contribution < -0.4 is 5.32 Å². The standard InChI is InChI=1S/C21H32N2O3/c1-20(2,3)16-6-8-17(9-7-16)21(4,5)14-22-19(26)23-12-10-15(11-13-23)18(24)25/h6-9,15H,10-14H2,1-5H3,(H,22,26)(H,24,25). The number of urea groups is 1. The van der Waals surface area contributed by atoms with Crippen LogP contribution in [0.4, 0.5) is 4.79 Å². The second-order valence-corrected chi connectivity index (χ2v) is 8.97. The van der Waals surface area contributed by atoms with Crippen LogP contribution in [0.5, 0.6) is 0 Å². The molecule has 0 aromatic heterocycles. The molecule has 1 fully saturated rings. The van der Waals surface area contributed by atoms with Crippen molar-refractivity contribution < 1.29 is 14.7 Å². The summed E-state index contributed by atoms with van der Waals surface area (Å²) in [6, 6.07) is 8.51. The highest BCUT2D eigenvalue weighted by molar-refractivity contribution is 5.75. The molecule has 1 aliphatic rings. The number of amides is 2. The second-order valence-electron chi connectivity index (χ2n) is 8.97. The number of benzene rings is 1. The second kappa shape index (κ2) is 7.68. The van der Waals surface area contributed by atoms with Gasteiger partial charge in [-0.15, -0.1) is 0 Å². The Bertz CT molecular complexity index is 636. The summed E-state index contributed by atoms with van der Waals surface area (Å²) in [7, 11) is 0. The van der Waals surface area contributed by atoms with E-state index in [4.69, 9.17) is 5.11 Å². The van der Waals surface area contributed by atoms with Crippen molar-refractivity contribution in [2.75, 3.05) is 19.6 Å². The van der Waals surface area contributed by atoms with Crippen LogP contribution in [0.15, 0.2) is 24.3 Å². The van der Waals surface area contributed by atoms with Gasteiger partial charge in [-0.2, -0.15) is 0 Å². The molecule has 0 saturated carbocycles. The third-order valence-electron chi connectivity index (χ3n) is 5.35.